The number of rotatable bonds is 7. The number of nitrogens with zero attached hydrogens (tertiary/aromatic N) is 3. The highest BCUT2D eigenvalue weighted by molar-refractivity contribution is 5.76. The Bertz CT molecular complexity index is 1210. The van der Waals surface area contributed by atoms with Crippen LogP contribution in [0.25, 0.3) is 0 Å². The number of hydrogen-bond donors (Lipinski definition) is 2. The minimum Gasteiger partial charge on any atom is -0.371 e. The Kier molecular flexibility index (Phi) is 7.03. The number of aryl methyl sites for hydroxylation is 3. The first-order chi connectivity index (χ1) is 16.5. The molecular weight excluding hydrogens is 454 g/mol. The summed E-state index contributed by atoms with van der Waals surface area (Å²) in [6.07, 6.45) is 1.07. The van der Waals surface area contributed by atoms with Gasteiger partial charge in [0.15, 0.2) is 5.79 Å². The number of H-pyrrole nitrogens is 1. The highest BCUT2D eigenvalue weighted by Gasteiger charge is 2.52. The maximum absolute atomic E-state index is 12.6. The lowest BCUT2D eigenvalue weighted by Crippen LogP contribution is -2.54. The Morgan fingerprint density at radius 3 is 2.63 bits per heavy atom. The predicted molar refractivity (Wildman–Crippen MR) is 127 cm³/mol. The van der Waals surface area contributed by atoms with Crippen LogP contribution in [0.3, 0.4) is 0 Å². The molecule has 0 aromatic carbocycles. The second-order valence-electron chi connectivity index (χ2n) is 9.75. The zero-order chi connectivity index (χ0) is 25.5. The topological polar surface area (TPSA) is 129 Å². The summed E-state index contributed by atoms with van der Waals surface area (Å²) in [5.41, 5.74) is 2.63. The number of nitrogens with one attached hydrogen (secondary N) is 2. The average Bonchev–Trinajstić information content (AvgIpc) is 3.27. The van der Waals surface area contributed by atoms with E-state index in [0.29, 0.717) is 18.4 Å². The molecule has 11 heteroatoms. The Hall–Kier alpha value is -2.76. The van der Waals surface area contributed by atoms with E-state index in [1.165, 1.54) is 10.8 Å². The third kappa shape index (κ3) is 5.12. The number of amides is 1. The number of carbonyl (C=O) groups is 1. The first-order valence-corrected chi connectivity index (χ1v) is 12.1. The van der Waals surface area contributed by atoms with Crippen LogP contribution in [0.1, 0.15) is 55.7 Å². The molecule has 2 aromatic rings. The van der Waals surface area contributed by atoms with E-state index >= 15 is 0 Å². The van der Waals surface area contributed by atoms with Gasteiger partial charge in [-0.05, 0) is 53.5 Å². The highest BCUT2D eigenvalue weighted by atomic mass is 16.8. The van der Waals surface area contributed by atoms with Crippen LogP contribution in [0.15, 0.2) is 15.8 Å². The van der Waals surface area contributed by atoms with Crippen molar-refractivity contribution in [3.8, 4) is 0 Å². The van der Waals surface area contributed by atoms with Crippen LogP contribution in [0.5, 0.6) is 0 Å². The molecule has 2 N–H and O–H groups in total. The summed E-state index contributed by atoms with van der Waals surface area (Å²) in [5.74, 6) is -0.959. The number of carbonyl (C=O) groups excluding carboxylic acids is 1. The van der Waals surface area contributed by atoms with Gasteiger partial charge in [0, 0.05) is 37.0 Å². The van der Waals surface area contributed by atoms with Gasteiger partial charge in [0.2, 0.25) is 5.91 Å². The molecule has 1 amide bonds. The molecule has 2 saturated heterocycles. The largest absolute Gasteiger partial charge is 0.371 e. The standard InChI is InChI=1S/C24H35N5O6/c1-7-29-15(4)16(14(3)27-29)8-9-19(30)25-10-18-21-20(34-24(5,6)35-21)17(12-33-18)28-11-13(2)22(31)26-23(28)32/h11,17-18,20-21H,7-10,12H2,1-6H3,(H,25,30)(H,26,31,32)/t17-,18-,20+,21-/m1/s1. The summed E-state index contributed by atoms with van der Waals surface area (Å²) in [7, 11) is 0. The summed E-state index contributed by atoms with van der Waals surface area (Å²) >= 11 is 0. The monoisotopic (exact) mass is 489 g/mol. The smallest absolute Gasteiger partial charge is 0.328 e. The molecule has 2 aromatic heterocycles. The number of aromatic amines is 1. The molecule has 192 valence electrons. The van der Waals surface area contributed by atoms with Gasteiger partial charge in [-0.1, -0.05) is 0 Å². The zero-order valence-corrected chi connectivity index (χ0v) is 21.2. The molecule has 0 spiro atoms. The van der Waals surface area contributed by atoms with Gasteiger partial charge in [0.05, 0.1) is 18.3 Å². The lowest BCUT2D eigenvalue weighted by atomic mass is 9.97. The van der Waals surface area contributed by atoms with Gasteiger partial charge in [-0.25, -0.2) is 4.79 Å². The Balaban J connectivity index is 1.41. The van der Waals surface area contributed by atoms with Gasteiger partial charge < -0.3 is 19.5 Å². The van der Waals surface area contributed by atoms with Gasteiger partial charge in [-0.3, -0.25) is 23.8 Å². The van der Waals surface area contributed by atoms with Crippen molar-refractivity contribution in [1.29, 1.82) is 0 Å². The van der Waals surface area contributed by atoms with Crippen molar-refractivity contribution in [2.75, 3.05) is 13.2 Å². The summed E-state index contributed by atoms with van der Waals surface area (Å²) in [6.45, 7) is 12.5. The second kappa shape index (κ2) is 9.71. The molecule has 2 aliphatic rings. The van der Waals surface area contributed by atoms with Crippen molar-refractivity contribution >= 4 is 5.91 Å². The normalized spacial score (nSPS) is 25.4. The molecule has 0 bridgehead atoms. The van der Waals surface area contributed by atoms with Crippen molar-refractivity contribution in [2.45, 2.75) is 91.1 Å². The highest BCUT2D eigenvalue weighted by Crippen LogP contribution is 2.39. The van der Waals surface area contributed by atoms with E-state index in [9.17, 15) is 14.4 Å². The van der Waals surface area contributed by atoms with E-state index in [4.69, 9.17) is 14.2 Å². The van der Waals surface area contributed by atoms with Crippen LogP contribution in [0.4, 0.5) is 0 Å². The fourth-order valence-electron chi connectivity index (χ4n) is 5.01. The summed E-state index contributed by atoms with van der Waals surface area (Å²) < 4.78 is 21.7. The molecule has 2 aliphatic heterocycles. The third-order valence-electron chi connectivity index (χ3n) is 6.83. The van der Waals surface area contributed by atoms with Crippen molar-refractivity contribution in [2.24, 2.45) is 0 Å². The van der Waals surface area contributed by atoms with Crippen LogP contribution < -0.4 is 16.6 Å². The van der Waals surface area contributed by atoms with Crippen LogP contribution in [-0.4, -0.2) is 62.5 Å². The van der Waals surface area contributed by atoms with E-state index in [1.807, 2.05) is 25.5 Å². The van der Waals surface area contributed by atoms with Gasteiger partial charge in [0.1, 0.15) is 18.3 Å². The molecule has 0 unspecified atom stereocenters. The third-order valence-corrected chi connectivity index (χ3v) is 6.83. The number of ether oxygens (including phenoxy) is 3. The van der Waals surface area contributed by atoms with Crippen LogP contribution in [0, 0.1) is 20.8 Å². The minimum atomic E-state index is -0.876. The average molecular weight is 490 g/mol. The predicted octanol–water partition coefficient (Wildman–Crippen LogP) is 0.887. The van der Waals surface area contributed by atoms with Crippen molar-refractivity contribution in [3.05, 3.63) is 49.5 Å². The minimum absolute atomic E-state index is 0.0824. The molecule has 0 aliphatic carbocycles. The van der Waals surface area contributed by atoms with E-state index in [2.05, 4.69) is 15.4 Å². The number of hydrogen-bond acceptors (Lipinski definition) is 7. The van der Waals surface area contributed by atoms with E-state index < -0.39 is 41.4 Å². The van der Waals surface area contributed by atoms with Crippen molar-refractivity contribution in [3.63, 3.8) is 0 Å². The summed E-state index contributed by atoms with van der Waals surface area (Å²) in [6, 6.07) is -0.474. The Labute approximate surface area is 203 Å². The first-order valence-electron chi connectivity index (χ1n) is 12.1. The molecule has 35 heavy (non-hydrogen) atoms. The molecule has 0 saturated carbocycles. The summed E-state index contributed by atoms with van der Waals surface area (Å²) in [5, 5.41) is 7.48. The SMILES string of the molecule is CCn1nc(C)c(CCC(=O)NC[C@H]2OC[C@@H](n3cc(C)c(=O)[nH]c3=O)[C@@H]3OC(C)(C)O[C@@H]32)c1C. The van der Waals surface area contributed by atoms with Crippen molar-refractivity contribution < 1.29 is 19.0 Å². The number of fused-ring (bicyclic) bond motifs is 1. The van der Waals surface area contributed by atoms with Gasteiger partial charge >= 0.3 is 5.69 Å². The van der Waals surface area contributed by atoms with Gasteiger partial charge in [0.25, 0.3) is 5.56 Å². The Morgan fingerprint density at radius 2 is 1.94 bits per heavy atom. The maximum atomic E-state index is 12.6. The lowest BCUT2D eigenvalue weighted by molar-refractivity contribution is -0.153. The lowest BCUT2D eigenvalue weighted by Gasteiger charge is -2.37. The zero-order valence-electron chi connectivity index (χ0n) is 21.2. The summed E-state index contributed by atoms with van der Waals surface area (Å²) in [4.78, 5) is 39.3. The fraction of sp³-hybridized carbons (Fsp3) is 0.667. The van der Waals surface area contributed by atoms with E-state index in [0.717, 1.165) is 23.5 Å². The van der Waals surface area contributed by atoms with Crippen LogP contribution >= 0.6 is 0 Å². The fourth-order valence-corrected chi connectivity index (χ4v) is 5.01. The van der Waals surface area contributed by atoms with Crippen molar-refractivity contribution in [1.82, 2.24) is 24.6 Å². The van der Waals surface area contributed by atoms with E-state index in [-0.39, 0.29) is 19.1 Å². The molecule has 11 nitrogen and oxygen atoms in total. The molecule has 0 radical (unpaired) electrons. The molecule has 4 rings (SSSR count). The van der Waals surface area contributed by atoms with Crippen LogP contribution in [-0.2, 0) is 32.0 Å². The first kappa shape index (κ1) is 25.3. The van der Waals surface area contributed by atoms with Gasteiger partial charge in [-0.2, -0.15) is 5.10 Å². The quantitative estimate of drug-likeness (QED) is 0.591. The molecule has 2 fully saturated rings. The Morgan fingerprint density at radius 1 is 1.23 bits per heavy atom. The molecule has 4 heterocycles. The molecule has 4 atom stereocenters. The molecular formula is C24H35N5O6. The van der Waals surface area contributed by atoms with E-state index in [1.54, 1.807) is 20.8 Å². The number of aromatic nitrogens is 4. The van der Waals surface area contributed by atoms with Gasteiger partial charge in [-0.15, -0.1) is 0 Å². The van der Waals surface area contributed by atoms with Crippen LogP contribution in [0.2, 0.25) is 0 Å². The second-order valence-corrected chi connectivity index (χ2v) is 9.75. The maximum Gasteiger partial charge on any atom is 0.328 e.